The number of hydrogen-bond donors (Lipinski definition) is 1. The number of rotatable bonds is 8. The van der Waals surface area contributed by atoms with E-state index in [0.29, 0.717) is 11.5 Å². The van der Waals surface area contributed by atoms with Gasteiger partial charge in [0.15, 0.2) is 0 Å². The van der Waals surface area contributed by atoms with Crippen molar-refractivity contribution in [3.05, 3.63) is 101 Å². The highest BCUT2D eigenvalue weighted by molar-refractivity contribution is 7.88. The van der Waals surface area contributed by atoms with Gasteiger partial charge in [0.1, 0.15) is 5.82 Å². The zero-order chi connectivity index (χ0) is 21.7. The summed E-state index contributed by atoms with van der Waals surface area (Å²) in [6.07, 6.45) is 5.75. The highest BCUT2D eigenvalue weighted by Gasteiger charge is 2.29. The number of aromatic nitrogens is 1. The van der Waals surface area contributed by atoms with Gasteiger partial charge < -0.3 is 0 Å². The average molecular weight is 427 g/mol. The van der Waals surface area contributed by atoms with Gasteiger partial charge in [-0.1, -0.05) is 62.4 Å². The molecule has 0 fully saturated rings. The fourth-order valence-electron chi connectivity index (χ4n) is 3.62. The summed E-state index contributed by atoms with van der Waals surface area (Å²) >= 11 is 0. The van der Waals surface area contributed by atoms with Crippen LogP contribution in [0.4, 0.5) is 4.39 Å². The molecule has 1 aromatic heterocycles. The van der Waals surface area contributed by atoms with E-state index in [0.717, 1.165) is 29.4 Å². The third-order valence-electron chi connectivity index (χ3n) is 5.38. The Morgan fingerprint density at radius 3 is 2.17 bits per heavy atom. The molecule has 1 N–H and O–H groups in total. The SMILES string of the molecule is CCC(C)c1cncc(C(c2ccccc2)C(NS(C)(=O)=O)c2ccc(F)cc2)c1. The second-order valence-electron chi connectivity index (χ2n) is 7.67. The molecule has 6 heteroatoms. The summed E-state index contributed by atoms with van der Waals surface area (Å²) in [6.45, 7) is 4.27. The summed E-state index contributed by atoms with van der Waals surface area (Å²) in [5.74, 6) is -0.363. The topological polar surface area (TPSA) is 59.1 Å². The molecular formula is C24H27FN2O2S. The van der Waals surface area contributed by atoms with Crippen molar-refractivity contribution in [3.8, 4) is 0 Å². The van der Waals surface area contributed by atoms with E-state index in [2.05, 4.69) is 29.6 Å². The Labute approximate surface area is 178 Å². The van der Waals surface area contributed by atoms with Gasteiger partial charge >= 0.3 is 0 Å². The predicted octanol–water partition coefficient (Wildman–Crippen LogP) is 5.16. The highest BCUT2D eigenvalue weighted by atomic mass is 32.2. The molecule has 0 bridgehead atoms. The summed E-state index contributed by atoms with van der Waals surface area (Å²) in [5.41, 5.74) is 3.65. The maximum atomic E-state index is 13.6. The first-order valence-corrected chi connectivity index (χ1v) is 11.9. The third kappa shape index (κ3) is 5.52. The minimum atomic E-state index is -3.54. The Kier molecular flexibility index (Phi) is 7.00. The summed E-state index contributed by atoms with van der Waals surface area (Å²) in [6, 6.07) is 17.2. The van der Waals surface area contributed by atoms with Crippen LogP contribution in [0.3, 0.4) is 0 Å². The molecule has 0 radical (unpaired) electrons. The van der Waals surface area contributed by atoms with Gasteiger partial charge in [0.25, 0.3) is 0 Å². The van der Waals surface area contributed by atoms with Crippen LogP contribution >= 0.6 is 0 Å². The van der Waals surface area contributed by atoms with Crippen LogP contribution in [-0.4, -0.2) is 19.7 Å². The van der Waals surface area contributed by atoms with Crippen molar-refractivity contribution >= 4 is 10.0 Å². The summed E-state index contributed by atoms with van der Waals surface area (Å²) in [5, 5.41) is 0. The van der Waals surface area contributed by atoms with Crippen molar-refractivity contribution in [2.75, 3.05) is 6.26 Å². The van der Waals surface area contributed by atoms with Crippen molar-refractivity contribution in [2.24, 2.45) is 0 Å². The number of hydrogen-bond acceptors (Lipinski definition) is 3. The fourth-order valence-corrected chi connectivity index (χ4v) is 4.35. The van der Waals surface area contributed by atoms with Crippen LogP contribution in [0.5, 0.6) is 0 Å². The molecule has 3 aromatic rings. The lowest BCUT2D eigenvalue weighted by atomic mass is 9.82. The van der Waals surface area contributed by atoms with Crippen LogP contribution in [0.1, 0.15) is 60.4 Å². The van der Waals surface area contributed by atoms with Crippen molar-refractivity contribution in [3.63, 3.8) is 0 Å². The normalized spacial score (nSPS) is 14.8. The Hall–Kier alpha value is -2.57. The number of nitrogens with one attached hydrogen (secondary N) is 1. The van der Waals surface area contributed by atoms with Gasteiger partial charge in [-0.25, -0.2) is 17.5 Å². The summed E-state index contributed by atoms with van der Waals surface area (Å²) < 4.78 is 40.9. The van der Waals surface area contributed by atoms with Crippen LogP contribution in [0.15, 0.2) is 73.1 Å². The molecule has 0 spiro atoms. The molecule has 0 saturated carbocycles. The lowest BCUT2D eigenvalue weighted by molar-refractivity contribution is 0.532. The monoisotopic (exact) mass is 426 g/mol. The van der Waals surface area contributed by atoms with Gasteiger partial charge in [-0.15, -0.1) is 0 Å². The molecule has 0 aliphatic carbocycles. The quantitative estimate of drug-likeness (QED) is 0.541. The Bertz CT molecular complexity index is 1070. The zero-order valence-corrected chi connectivity index (χ0v) is 18.2. The number of pyridine rings is 1. The molecule has 3 atom stereocenters. The lowest BCUT2D eigenvalue weighted by Gasteiger charge is -2.29. The van der Waals surface area contributed by atoms with Gasteiger partial charge in [-0.2, -0.15) is 0 Å². The minimum absolute atomic E-state index is 0.331. The second kappa shape index (κ2) is 9.49. The van der Waals surface area contributed by atoms with E-state index in [-0.39, 0.29) is 11.7 Å². The maximum Gasteiger partial charge on any atom is 0.209 e. The fraction of sp³-hybridized carbons (Fsp3) is 0.292. The van der Waals surface area contributed by atoms with Crippen LogP contribution in [-0.2, 0) is 10.0 Å². The molecule has 3 rings (SSSR count). The van der Waals surface area contributed by atoms with E-state index in [4.69, 9.17) is 0 Å². The van der Waals surface area contributed by atoms with Crippen molar-refractivity contribution < 1.29 is 12.8 Å². The second-order valence-corrected chi connectivity index (χ2v) is 9.45. The van der Waals surface area contributed by atoms with Gasteiger partial charge in [0, 0.05) is 18.3 Å². The Morgan fingerprint density at radius 1 is 0.933 bits per heavy atom. The third-order valence-corrected chi connectivity index (χ3v) is 6.07. The Balaban J connectivity index is 2.19. The molecule has 2 aromatic carbocycles. The molecule has 0 saturated heterocycles. The lowest BCUT2D eigenvalue weighted by Crippen LogP contribution is -2.32. The largest absolute Gasteiger partial charge is 0.264 e. The number of sulfonamides is 1. The van der Waals surface area contributed by atoms with E-state index in [9.17, 15) is 12.8 Å². The standard InChI is InChI=1S/C24H27FN2O2S/c1-4-17(2)20-14-21(16-26-15-20)23(18-8-6-5-7-9-18)24(27-30(3,28)29)19-10-12-22(25)13-11-19/h5-17,23-24,27H,4H2,1-3H3. The molecule has 1 heterocycles. The van der Waals surface area contributed by atoms with Crippen LogP contribution in [0.25, 0.3) is 0 Å². The number of nitrogens with zero attached hydrogens (tertiary/aromatic N) is 1. The number of halogens is 1. The van der Waals surface area contributed by atoms with E-state index >= 15 is 0 Å². The summed E-state index contributed by atoms with van der Waals surface area (Å²) in [7, 11) is -3.54. The molecule has 0 amide bonds. The predicted molar refractivity (Wildman–Crippen MR) is 118 cm³/mol. The van der Waals surface area contributed by atoms with Crippen LogP contribution in [0, 0.1) is 5.82 Å². The Morgan fingerprint density at radius 2 is 1.57 bits per heavy atom. The van der Waals surface area contributed by atoms with Gasteiger partial charge in [0.2, 0.25) is 10.0 Å². The zero-order valence-electron chi connectivity index (χ0n) is 17.4. The van der Waals surface area contributed by atoms with Crippen LogP contribution in [0.2, 0.25) is 0 Å². The first kappa shape index (κ1) is 22.1. The number of benzene rings is 2. The van der Waals surface area contributed by atoms with Gasteiger partial charge in [0.05, 0.1) is 12.3 Å². The molecule has 0 aliphatic rings. The molecular weight excluding hydrogens is 399 g/mol. The first-order chi connectivity index (χ1) is 14.3. The highest BCUT2D eigenvalue weighted by Crippen LogP contribution is 2.38. The van der Waals surface area contributed by atoms with E-state index < -0.39 is 16.1 Å². The van der Waals surface area contributed by atoms with E-state index in [1.54, 1.807) is 18.3 Å². The van der Waals surface area contributed by atoms with E-state index in [1.807, 2.05) is 36.5 Å². The van der Waals surface area contributed by atoms with Gasteiger partial charge in [-0.05, 0) is 46.7 Å². The minimum Gasteiger partial charge on any atom is -0.264 e. The molecule has 158 valence electrons. The molecule has 30 heavy (non-hydrogen) atoms. The first-order valence-electron chi connectivity index (χ1n) is 10.0. The molecule has 4 nitrogen and oxygen atoms in total. The van der Waals surface area contributed by atoms with Crippen molar-refractivity contribution in [1.29, 1.82) is 0 Å². The van der Waals surface area contributed by atoms with Crippen LogP contribution < -0.4 is 4.72 Å². The maximum absolute atomic E-state index is 13.6. The van der Waals surface area contributed by atoms with Crippen molar-refractivity contribution in [1.82, 2.24) is 9.71 Å². The summed E-state index contributed by atoms with van der Waals surface area (Å²) in [4.78, 5) is 4.45. The molecule has 0 aliphatic heterocycles. The van der Waals surface area contributed by atoms with Gasteiger partial charge in [-0.3, -0.25) is 4.98 Å². The average Bonchev–Trinajstić information content (AvgIpc) is 2.73. The molecule has 3 unspecified atom stereocenters. The van der Waals surface area contributed by atoms with Crippen molar-refractivity contribution in [2.45, 2.75) is 38.1 Å². The van der Waals surface area contributed by atoms with E-state index in [1.165, 1.54) is 12.1 Å². The smallest absolute Gasteiger partial charge is 0.209 e.